The highest BCUT2D eigenvalue weighted by molar-refractivity contribution is 6.24. The van der Waals surface area contributed by atoms with Crippen LogP contribution in [-0.2, 0) is 9.53 Å². The Morgan fingerprint density at radius 3 is 1.83 bits per heavy atom. The molecule has 0 unspecified atom stereocenters. The molecule has 3 rings (SSSR count). The molecule has 29 heavy (non-hydrogen) atoms. The first kappa shape index (κ1) is 20.1. The maximum Gasteiger partial charge on any atom is 0.343 e. The monoisotopic (exact) mass is 385 g/mol. The number of carbonyl (C=O) groups excluding carboxylic acids is 2. The Morgan fingerprint density at radius 2 is 1.34 bits per heavy atom. The summed E-state index contributed by atoms with van der Waals surface area (Å²) in [6.45, 7) is 3.92. The van der Waals surface area contributed by atoms with Crippen LogP contribution < -0.4 is 4.90 Å². The number of carbonyl (C=O) groups is 2. The van der Waals surface area contributed by atoms with Crippen LogP contribution in [0.1, 0.15) is 21.5 Å². The molecule has 4 nitrogen and oxygen atoms in total. The second kappa shape index (κ2) is 9.02. The van der Waals surface area contributed by atoms with Gasteiger partial charge in [0.15, 0.2) is 0 Å². The molecule has 0 atom stereocenters. The van der Waals surface area contributed by atoms with Gasteiger partial charge in [-0.1, -0.05) is 48.5 Å². The average Bonchev–Trinajstić information content (AvgIpc) is 2.76. The van der Waals surface area contributed by atoms with Gasteiger partial charge in [0.1, 0.15) is 5.57 Å². The summed E-state index contributed by atoms with van der Waals surface area (Å²) in [5.74, 6) is -1.05. The molecule has 0 bridgehead atoms. The molecule has 0 saturated carbocycles. The fraction of sp³-hybridized carbons (Fsp3) is 0.120. The van der Waals surface area contributed by atoms with E-state index in [2.05, 4.69) is 0 Å². The van der Waals surface area contributed by atoms with Crippen molar-refractivity contribution in [3.05, 3.63) is 107 Å². The number of hydrogen-bond acceptors (Lipinski definition) is 4. The van der Waals surface area contributed by atoms with Gasteiger partial charge in [-0.2, -0.15) is 0 Å². The Balaban J connectivity index is 2.12. The Labute approximate surface area is 171 Å². The van der Waals surface area contributed by atoms with E-state index in [-0.39, 0.29) is 11.4 Å². The summed E-state index contributed by atoms with van der Waals surface area (Å²) in [6.07, 6.45) is 1.55. The van der Waals surface area contributed by atoms with E-state index in [1.807, 2.05) is 85.5 Å². The third kappa shape index (κ3) is 4.61. The van der Waals surface area contributed by atoms with E-state index in [4.69, 9.17) is 4.74 Å². The molecule has 0 aliphatic rings. The molecular formula is C25H23NO3. The lowest BCUT2D eigenvalue weighted by molar-refractivity contribution is -0.135. The summed E-state index contributed by atoms with van der Waals surface area (Å²) in [5, 5.41) is 0. The van der Waals surface area contributed by atoms with Crippen molar-refractivity contribution in [3.63, 3.8) is 0 Å². The van der Waals surface area contributed by atoms with E-state index >= 15 is 0 Å². The lowest BCUT2D eigenvalue weighted by Gasteiger charge is -2.22. The number of para-hydroxylation sites is 2. The molecule has 0 aliphatic heterocycles. The maximum atomic E-state index is 13.2. The summed E-state index contributed by atoms with van der Waals surface area (Å²) >= 11 is 0. The van der Waals surface area contributed by atoms with Gasteiger partial charge in [0.2, 0.25) is 5.78 Å². The molecule has 0 radical (unpaired) electrons. The first-order chi connectivity index (χ1) is 14.0. The Kier molecular flexibility index (Phi) is 6.25. The fourth-order valence-corrected chi connectivity index (χ4v) is 2.96. The largest absolute Gasteiger partial charge is 0.465 e. The van der Waals surface area contributed by atoms with Crippen LogP contribution in [0, 0.1) is 13.8 Å². The van der Waals surface area contributed by atoms with Gasteiger partial charge >= 0.3 is 5.97 Å². The minimum atomic E-state index is -0.676. The Morgan fingerprint density at radius 1 is 0.793 bits per heavy atom. The third-order valence-electron chi connectivity index (χ3n) is 4.75. The minimum absolute atomic E-state index is 0.0385. The smallest absolute Gasteiger partial charge is 0.343 e. The van der Waals surface area contributed by atoms with E-state index in [1.54, 1.807) is 18.3 Å². The molecule has 3 aromatic carbocycles. The van der Waals surface area contributed by atoms with Crippen LogP contribution in [0.25, 0.3) is 0 Å². The van der Waals surface area contributed by atoms with Crippen molar-refractivity contribution in [1.82, 2.24) is 0 Å². The molecule has 146 valence electrons. The molecule has 0 aliphatic carbocycles. The van der Waals surface area contributed by atoms with Crippen LogP contribution in [0.2, 0.25) is 0 Å². The highest BCUT2D eigenvalue weighted by Crippen LogP contribution is 2.27. The molecule has 0 heterocycles. The lowest BCUT2D eigenvalue weighted by atomic mass is 9.99. The number of ether oxygens (including phenoxy) is 1. The Bertz CT molecular complexity index is 1000. The molecule has 0 fully saturated rings. The molecule has 0 amide bonds. The number of Topliss-reactive ketones (excluding diaryl/α,β-unsaturated/α-hetero) is 1. The zero-order valence-corrected chi connectivity index (χ0v) is 16.8. The van der Waals surface area contributed by atoms with Crippen molar-refractivity contribution in [1.29, 1.82) is 0 Å². The van der Waals surface area contributed by atoms with E-state index < -0.39 is 5.97 Å². The first-order valence-corrected chi connectivity index (χ1v) is 9.32. The second-order valence-electron chi connectivity index (χ2n) is 6.70. The van der Waals surface area contributed by atoms with Crippen molar-refractivity contribution < 1.29 is 14.3 Å². The van der Waals surface area contributed by atoms with Gasteiger partial charge in [-0.25, -0.2) is 4.79 Å². The van der Waals surface area contributed by atoms with E-state index in [0.29, 0.717) is 5.56 Å². The normalized spacial score (nSPS) is 11.1. The number of ketones is 1. The van der Waals surface area contributed by atoms with Crippen molar-refractivity contribution in [2.75, 3.05) is 12.0 Å². The molecular weight excluding hydrogens is 362 g/mol. The third-order valence-corrected chi connectivity index (χ3v) is 4.75. The molecule has 0 N–H and O–H groups in total. The summed E-state index contributed by atoms with van der Waals surface area (Å²) in [6, 6.07) is 24.5. The average molecular weight is 385 g/mol. The van der Waals surface area contributed by atoms with Gasteiger partial charge in [0, 0.05) is 23.1 Å². The predicted octanol–water partition coefficient (Wildman–Crippen LogP) is 5.38. The lowest BCUT2D eigenvalue weighted by Crippen LogP contribution is -2.20. The molecule has 0 spiro atoms. The van der Waals surface area contributed by atoms with Crippen molar-refractivity contribution >= 4 is 23.1 Å². The van der Waals surface area contributed by atoms with Gasteiger partial charge in [-0.15, -0.1) is 0 Å². The maximum absolute atomic E-state index is 13.2. The summed E-state index contributed by atoms with van der Waals surface area (Å²) in [4.78, 5) is 27.6. The van der Waals surface area contributed by atoms with Crippen molar-refractivity contribution in [3.8, 4) is 0 Å². The molecule has 3 aromatic rings. The highest BCUT2D eigenvalue weighted by atomic mass is 16.5. The van der Waals surface area contributed by atoms with Gasteiger partial charge in [-0.05, 0) is 55.3 Å². The van der Waals surface area contributed by atoms with Gasteiger partial charge in [0.25, 0.3) is 0 Å². The number of aryl methyl sites for hydroxylation is 2. The molecule has 4 heteroatoms. The predicted molar refractivity (Wildman–Crippen MR) is 115 cm³/mol. The van der Waals surface area contributed by atoms with Gasteiger partial charge < -0.3 is 9.64 Å². The van der Waals surface area contributed by atoms with Crippen LogP contribution in [0.15, 0.2) is 90.6 Å². The summed E-state index contributed by atoms with van der Waals surface area (Å²) in [7, 11) is 1.28. The van der Waals surface area contributed by atoms with Crippen LogP contribution in [0.5, 0.6) is 0 Å². The first-order valence-electron chi connectivity index (χ1n) is 9.32. The van der Waals surface area contributed by atoms with E-state index in [0.717, 1.165) is 22.5 Å². The second-order valence-corrected chi connectivity index (χ2v) is 6.70. The van der Waals surface area contributed by atoms with Crippen LogP contribution in [-0.4, -0.2) is 18.9 Å². The molecule has 0 aromatic heterocycles. The number of rotatable bonds is 6. The highest BCUT2D eigenvalue weighted by Gasteiger charge is 2.23. The van der Waals surface area contributed by atoms with Crippen molar-refractivity contribution in [2.24, 2.45) is 0 Å². The SMILES string of the molecule is COC(=O)/C(=C\N(c1ccccc1)c1ccccc1)C(=O)c1ccc(C)c(C)c1. The van der Waals surface area contributed by atoms with Crippen molar-refractivity contribution in [2.45, 2.75) is 13.8 Å². The van der Waals surface area contributed by atoms with Crippen LogP contribution in [0.3, 0.4) is 0 Å². The van der Waals surface area contributed by atoms with Crippen LogP contribution >= 0.6 is 0 Å². The zero-order chi connectivity index (χ0) is 20.8. The number of nitrogens with zero attached hydrogens (tertiary/aromatic N) is 1. The Hall–Kier alpha value is -3.66. The van der Waals surface area contributed by atoms with Crippen LogP contribution in [0.4, 0.5) is 11.4 Å². The number of anilines is 2. The quantitative estimate of drug-likeness (QED) is 0.188. The standard InChI is InChI=1S/C25H23NO3/c1-18-14-15-20(16-19(18)2)24(27)23(25(28)29-3)17-26(21-10-6-4-7-11-21)22-12-8-5-9-13-22/h4-17H,1-3H3/b23-17-. The number of esters is 1. The number of hydrogen-bond donors (Lipinski definition) is 0. The van der Waals surface area contributed by atoms with E-state index in [9.17, 15) is 9.59 Å². The summed E-state index contributed by atoms with van der Waals surface area (Å²) < 4.78 is 4.93. The zero-order valence-electron chi connectivity index (χ0n) is 16.8. The number of methoxy groups -OCH3 is 1. The minimum Gasteiger partial charge on any atom is -0.465 e. The fourth-order valence-electron chi connectivity index (χ4n) is 2.96. The topological polar surface area (TPSA) is 46.6 Å². The molecule has 0 saturated heterocycles. The van der Waals surface area contributed by atoms with Gasteiger partial charge in [0.05, 0.1) is 7.11 Å². The van der Waals surface area contributed by atoms with Gasteiger partial charge in [-0.3, -0.25) is 4.79 Å². The van der Waals surface area contributed by atoms with E-state index in [1.165, 1.54) is 7.11 Å². The summed E-state index contributed by atoms with van der Waals surface area (Å²) in [5.41, 5.74) is 4.14. The number of benzene rings is 3.